The van der Waals surface area contributed by atoms with Gasteiger partial charge in [0.1, 0.15) is 16.4 Å². The molecule has 0 atom stereocenters. The molecule has 4 N–H and O–H groups in total. The van der Waals surface area contributed by atoms with Crippen molar-refractivity contribution in [3.05, 3.63) is 22.9 Å². The number of hydrogen-bond donors (Lipinski definition) is 3. The Balaban J connectivity index is 2.29. The molecular formula is C9H14N6O3S. The molecule has 0 amide bonds. The molecule has 0 aromatic carbocycles. The van der Waals surface area contributed by atoms with Gasteiger partial charge >= 0.3 is 0 Å². The second-order valence-corrected chi connectivity index (χ2v) is 5.58. The van der Waals surface area contributed by atoms with Crippen LogP contribution in [-0.4, -0.2) is 29.0 Å². The van der Waals surface area contributed by atoms with Gasteiger partial charge in [-0.25, -0.2) is 13.1 Å². The normalized spacial score (nSPS) is 11.9. The van der Waals surface area contributed by atoms with Crippen LogP contribution in [0.15, 0.2) is 9.31 Å². The van der Waals surface area contributed by atoms with Crippen molar-refractivity contribution in [2.75, 3.05) is 0 Å². The molecule has 9 nitrogen and oxygen atoms in total. The van der Waals surface area contributed by atoms with Gasteiger partial charge in [-0.05, 0) is 13.8 Å². The highest BCUT2D eigenvalue weighted by Crippen LogP contribution is 2.25. The molecule has 0 unspecified atom stereocenters. The van der Waals surface area contributed by atoms with Crippen LogP contribution in [0.3, 0.4) is 0 Å². The van der Waals surface area contributed by atoms with E-state index in [9.17, 15) is 8.42 Å². The highest BCUT2D eigenvalue weighted by atomic mass is 32.2. The first-order valence-electron chi connectivity index (χ1n) is 5.46. The molecule has 2 heterocycles. The summed E-state index contributed by atoms with van der Waals surface area (Å²) in [4.78, 5) is 0.0796. The van der Waals surface area contributed by atoms with Crippen LogP contribution in [0.5, 0.6) is 0 Å². The zero-order valence-electron chi connectivity index (χ0n) is 10.5. The topological polar surface area (TPSA) is 140 Å². The highest BCUT2D eigenvalue weighted by Gasteiger charge is 2.26. The number of rotatable bonds is 5. The van der Waals surface area contributed by atoms with Crippen molar-refractivity contribution in [1.29, 1.82) is 0 Å². The van der Waals surface area contributed by atoms with Crippen LogP contribution in [0.25, 0.3) is 0 Å². The average molecular weight is 286 g/mol. The lowest BCUT2D eigenvalue weighted by molar-refractivity contribution is 0.494. The summed E-state index contributed by atoms with van der Waals surface area (Å²) in [6.45, 7) is 3.27. The number of aromatic amines is 1. The zero-order valence-corrected chi connectivity index (χ0v) is 11.3. The number of nitrogens with one attached hydrogen (secondary N) is 2. The van der Waals surface area contributed by atoms with Gasteiger partial charge in [-0.1, -0.05) is 5.21 Å². The maximum Gasteiger partial charge on any atom is 0.244 e. The summed E-state index contributed by atoms with van der Waals surface area (Å²) >= 11 is 0. The average Bonchev–Trinajstić information content (AvgIpc) is 2.94. The van der Waals surface area contributed by atoms with E-state index in [2.05, 4.69) is 25.3 Å². The Morgan fingerprint density at radius 2 is 2.11 bits per heavy atom. The smallest absolute Gasteiger partial charge is 0.244 e. The molecule has 0 aliphatic rings. The summed E-state index contributed by atoms with van der Waals surface area (Å²) in [5, 5.41) is 12.9. The van der Waals surface area contributed by atoms with E-state index in [-0.39, 0.29) is 23.8 Å². The van der Waals surface area contributed by atoms with Gasteiger partial charge in [-0.2, -0.15) is 5.21 Å². The van der Waals surface area contributed by atoms with E-state index < -0.39 is 10.0 Å². The Hall–Kier alpha value is -1.78. The standard InChI is InChI=1S/C9H14N6O3S/c1-5-7(3-10)9(6(2)18-5)19(16,17)11-4-8-12-14-15-13-8/h11H,3-4,10H2,1-2H3,(H,12,13,14,15). The van der Waals surface area contributed by atoms with Gasteiger partial charge in [0.15, 0.2) is 5.82 Å². The van der Waals surface area contributed by atoms with E-state index in [0.29, 0.717) is 17.1 Å². The molecule has 0 saturated carbocycles. The van der Waals surface area contributed by atoms with E-state index in [4.69, 9.17) is 10.2 Å². The monoisotopic (exact) mass is 286 g/mol. The van der Waals surface area contributed by atoms with E-state index in [1.807, 2.05) is 0 Å². The Kier molecular flexibility index (Phi) is 3.64. The van der Waals surface area contributed by atoms with Gasteiger partial charge in [0.25, 0.3) is 0 Å². The van der Waals surface area contributed by atoms with Crippen LogP contribution < -0.4 is 10.5 Å². The zero-order chi connectivity index (χ0) is 14.0. The van der Waals surface area contributed by atoms with Crippen molar-refractivity contribution in [2.45, 2.75) is 31.8 Å². The maximum atomic E-state index is 12.2. The predicted molar refractivity (Wildman–Crippen MR) is 64.3 cm³/mol. The first kappa shape index (κ1) is 13.6. The fraction of sp³-hybridized carbons (Fsp3) is 0.444. The summed E-state index contributed by atoms with van der Waals surface area (Å²) in [5.74, 6) is 1.05. The van der Waals surface area contributed by atoms with Crippen molar-refractivity contribution in [3.8, 4) is 0 Å². The van der Waals surface area contributed by atoms with E-state index in [1.165, 1.54) is 0 Å². The molecular weight excluding hydrogens is 272 g/mol. The molecule has 0 bridgehead atoms. The molecule has 19 heavy (non-hydrogen) atoms. The van der Waals surface area contributed by atoms with Crippen molar-refractivity contribution in [3.63, 3.8) is 0 Å². The Bertz CT molecular complexity index is 660. The lowest BCUT2D eigenvalue weighted by Gasteiger charge is -2.05. The van der Waals surface area contributed by atoms with Crippen LogP contribution >= 0.6 is 0 Å². The summed E-state index contributed by atoms with van der Waals surface area (Å²) in [7, 11) is -3.73. The number of hydrogen-bond acceptors (Lipinski definition) is 7. The molecule has 0 aliphatic heterocycles. The van der Waals surface area contributed by atoms with Crippen LogP contribution in [0, 0.1) is 13.8 Å². The number of sulfonamides is 1. The Morgan fingerprint density at radius 3 is 2.68 bits per heavy atom. The second kappa shape index (κ2) is 5.07. The number of H-pyrrole nitrogens is 1. The van der Waals surface area contributed by atoms with Crippen LogP contribution in [0.4, 0.5) is 0 Å². The van der Waals surface area contributed by atoms with Gasteiger partial charge in [-0.3, -0.25) is 0 Å². The van der Waals surface area contributed by atoms with Gasteiger partial charge in [0.05, 0.1) is 6.54 Å². The lowest BCUT2D eigenvalue weighted by atomic mass is 10.2. The number of aromatic nitrogens is 4. The van der Waals surface area contributed by atoms with Crippen LogP contribution in [0.1, 0.15) is 22.9 Å². The van der Waals surface area contributed by atoms with Gasteiger partial charge < -0.3 is 10.2 Å². The molecule has 104 valence electrons. The van der Waals surface area contributed by atoms with Crippen LogP contribution in [-0.2, 0) is 23.1 Å². The molecule has 2 aromatic heterocycles. The minimum absolute atomic E-state index is 0.0630. The van der Waals surface area contributed by atoms with Crippen molar-refractivity contribution in [2.24, 2.45) is 5.73 Å². The van der Waals surface area contributed by atoms with Gasteiger partial charge in [0, 0.05) is 12.1 Å². The summed E-state index contributed by atoms with van der Waals surface area (Å²) in [5.41, 5.74) is 6.03. The number of nitrogens with zero attached hydrogens (tertiary/aromatic N) is 3. The Labute approximate surface area is 109 Å². The third-order valence-corrected chi connectivity index (χ3v) is 4.20. The first-order valence-corrected chi connectivity index (χ1v) is 6.95. The lowest BCUT2D eigenvalue weighted by Crippen LogP contribution is -2.25. The van der Waals surface area contributed by atoms with Crippen LogP contribution in [0.2, 0.25) is 0 Å². The molecule has 10 heteroatoms. The summed E-state index contributed by atoms with van der Waals surface area (Å²) in [6, 6.07) is 0. The number of furan rings is 1. The largest absolute Gasteiger partial charge is 0.465 e. The molecule has 2 rings (SSSR count). The van der Waals surface area contributed by atoms with E-state index >= 15 is 0 Å². The number of nitrogens with two attached hydrogens (primary N) is 1. The maximum absolute atomic E-state index is 12.2. The highest BCUT2D eigenvalue weighted by molar-refractivity contribution is 7.89. The molecule has 0 fully saturated rings. The Morgan fingerprint density at radius 1 is 1.37 bits per heavy atom. The molecule has 0 spiro atoms. The van der Waals surface area contributed by atoms with Crippen molar-refractivity contribution < 1.29 is 12.8 Å². The molecule has 0 saturated heterocycles. The third-order valence-electron chi connectivity index (χ3n) is 2.61. The van der Waals surface area contributed by atoms with Crippen molar-refractivity contribution >= 4 is 10.0 Å². The fourth-order valence-corrected chi connectivity index (χ4v) is 3.22. The fourth-order valence-electron chi connectivity index (χ4n) is 1.79. The minimum atomic E-state index is -3.73. The van der Waals surface area contributed by atoms with Gasteiger partial charge in [0.2, 0.25) is 10.0 Å². The van der Waals surface area contributed by atoms with Gasteiger partial charge in [-0.15, -0.1) is 10.2 Å². The number of tetrazole rings is 1. The minimum Gasteiger partial charge on any atom is -0.465 e. The summed E-state index contributed by atoms with van der Waals surface area (Å²) in [6.07, 6.45) is 0. The summed E-state index contributed by atoms with van der Waals surface area (Å²) < 4.78 is 32.1. The SMILES string of the molecule is Cc1oc(C)c(S(=O)(=O)NCc2nn[nH]n2)c1CN. The quantitative estimate of drug-likeness (QED) is 0.663. The third kappa shape index (κ3) is 2.64. The second-order valence-electron chi connectivity index (χ2n) is 3.88. The van der Waals surface area contributed by atoms with Crippen molar-refractivity contribution in [1.82, 2.24) is 25.3 Å². The molecule has 0 radical (unpaired) electrons. The molecule has 2 aromatic rings. The predicted octanol–water partition coefficient (Wildman–Crippen LogP) is -0.653. The number of aryl methyl sites for hydroxylation is 2. The van der Waals surface area contributed by atoms with E-state index in [0.717, 1.165) is 0 Å². The first-order chi connectivity index (χ1) is 8.95. The molecule has 0 aliphatic carbocycles. The van der Waals surface area contributed by atoms with E-state index in [1.54, 1.807) is 13.8 Å².